The zero-order valence-electron chi connectivity index (χ0n) is 23.8. The molecule has 1 aliphatic rings. The topological polar surface area (TPSA) is 81.7 Å². The molecule has 5 rings (SSSR count). The van der Waals surface area contributed by atoms with E-state index in [4.69, 9.17) is 19.2 Å². The average molecular weight is 574 g/mol. The number of carbonyl (C=O) groups excluding carboxylic acids is 1. The number of nitrogens with one attached hydrogen (secondary N) is 2. The van der Waals surface area contributed by atoms with Crippen molar-refractivity contribution >= 4 is 52.4 Å². The number of aryl methyl sites for hydroxylation is 1. The highest BCUT2D eigenvalue weighted by atomic mass is 35.5. The number of fused-ring (bicyclic) bond motifs is 2. The Balaban J connectivity index is 0.00000387. The van der Waals surface area contributed by atoms with Gasteiger partial charge < -0.3 is 24.8 Å². The SMILES string of the molecule is COc1ccc(Nc2c3c(nc4ccc(NC(=O)/C=C/c5ccc(OC(C)C)cc5)cc24)CCCC3)cc1OC.Cl. The van der Waals surface area contributed by atoms with Crippen molar-refractivity contribution in [3.05, 3.63) is 83.6 Å². The molecule has 214 valence electrons. The summed E-state index contributed by atoms with van der Waals surface area (Å²) in [6, 6.07) is 19.3. The summed E-state index contributed by atoms with van der Waals surface area (Å²) in [5.74, 6) is 1.93. The third kappa shape index (κ3) is 7.11. The lowest BCUT2D eigenvalue weighted by atomic mass is 9.92. The monoisotopic (exact) mass is 573 g/mol. The molecule has 1 aliphatic carbocycles. The second kappa shape index (κ2) is 13.4. The highest BCUT2D eigenvalue weighted by Crippen LogP contribution is 2.38. The highest BCUT2D eigenvalue weighted by Gasteiger charge is 2.19. The Kier molecular flexibility index (Phi) is 9.73. The number of halogens is 1. The van der Waals surface area contributed by atoms with Gasteiger partial charge in [-0.3, -0.25) is 9.78 Å². The van der Waals surface area contributed by atoms with E-state index in [0.29, 0.717) is 17.2 Å². The van der Waals surface area contributed by atoms with Gasteiger partial charge in [-0.1, -0.05) is 12.1 Å². The fourth-order valence-electron chi connectivity index (χ4n) is 4.99. The van der Waals surface area contributed by atoms with Gasteiger partial charge in [0.05, 0.1) is 31.5 Å². The van der Waals surface area contributed by atoms with Crippen molar-refractivity contribution in [3.63, 3.8) is 0 Å². The van der Waals surface area contributed by atoms with E-state index in [2.05, 4.69) is 10.6 Å². The molecular weight excluding hydrogens is 538 g/mol. The molecule has 0 radical (unpaired) electrons. The summed E-state index contributed by atoms with van der Waals surface area (Å²) in [7, 11) is 3.26. The number of ether oxygens (including phenoxy) is 3. The standard InChI is InChI=1S/C33H35N3O4.ClH/c1-21(2)40-25-14-9-22(10-15-25)11-18-32(37)34-23-12-16-29-27(19-23)33(26-7-5-6-8-28(26)36-29)35-24-13-17-30(38-3)31(20-24)39-4;/h9-21H,5-8H2,1-4H3,(H,34,37)(H,35,36);1H/b18-11+;. The van der Waals surface area contributed by atoms with E-state index in [9.17, 15) is 4.79 Å². The number of aromatic nitrogens is 1. The molecule has 1 aromatic heterocycles. The fraction of sp³-hybridized carbons (Fsp3) is 0.273. The maximum atomic E-state index is 12.8. The van der Waals surface area contributed by atoms with Crippen LogP contribution in [0.25, 0.3) is 17.0 Å². The van der Waals surface area contributed by atoms with Crippen LogP contribution in [0, 0.1) is 0 Å². The molecule has 0 saturated carbocycles. The number of carbonyl (C=O) groups is 1. The number of hydrogen-bond donors (Lipinski definition) is 2. The van der Waals surface area contributed by atoms with Gasteiger partial charge in [-0.15, -0.1) is 12.4 Å². The first-order chi connectivity index (χ1) is 19.4. The van der Waals surface area contributed by atoms with Crippen LogP contribution in [0.5, 0.6) is 17.2 Å². The molecule has 8 heteroatoms. The van der Waals surface area contributed by atoms with E-state index >= 15 is 0 Å². The number of hydrogen-bond acceptors (Lipinski definition) is 6. The van der Waals surface area contributed by atoms with Crippen molar-refractivity contribution in [1.82, 2.24) is 4.98 Å². The van der Waals surface area contributed by atoms with Crippen LogP contribution in [0.15, 0.2) is 66.7 Å². The molecular formula is C33H36ClN3O4. The van der Waals surface area contributed by atoms with E-state index in [1.165, 1.54) is 11.6 Å². The van der Waals surface area contributed by atoms with Gasteiger partial charge in [-0.2, -0.15) is 0 Å². The van der Waals surface area contributed by atoms with Gasteiger partial charge in [0.2, 0.25) is 5.91 Å². The number of pyridine rings is 1. The Bertz CT molecular complexity index is 1550. The molecule has 1 amide bonds. The van der Waals surface area contributed by atoms with Crippen LogP contribution >= 0.6 is 12.4 Å². The van der Waals surface area contributed by atoms with Crippen molar-refractivity contribution in [2.45, 2.75) is 45.6 Å². The fourth-order valence-corrected chi connectivity index (χ4v) is 4.99. The van der Waals surface area contributed by atoms with E-state index in [0.717, 1.165) is 65.0 Å². The molecule has 0 fully saturated rings. The molecule has 41 heavy (non-hydrogen) atoms. The number of nitrogens with zero attached hydrogens (tertiary/aromatic N) is 1. The average Bonchev–Trinajstić information content (AvgIpc) is 2.96. The molecule has 0 saturated heterocycles. The van der Waals surface area contributed by atoms with E-state index in [1.807, 2.05) is 74.5 Å². The molecule has 2 N–H and O–H groups in total. The Labute approximate surface area is 247 Å². The normalized spacial score (nSPS) is 12.5. The van der Waals surface area contributed by atoms with Crippen molar-refractivity contribution in [1.29, 1.82) is 0 Å². The summed E-state index contributed by atoms with van der Waals surface area (Å²) >= 11 is 0. The van der Waals surface area contributed by atoms with Gasteiger partial charge in [0, 0.05) is 34.6 Å². The summed E-state index contributed by atoms with van der Waals surface area (Å²) in [4.78, 5) is 17.8. The number of rotatable bonds is 9. The lowest BCUT2D eigenvalue weighted by molar-refractivity contribution is -0.111. The molecule has 0 aliphatic heterocycles. The smallest absolute Gasteiger partial charge is 0.248 e. The summed E-state index contributed by atoms with van der Waals surface area (Å²) in [6.45, 7) is 3.98. The van der Waals surface area contributed by atoms with Gasteiger partial charge in [-0.25, -0.2) is 0 Å². The summed E-state index contributed by atoms with van der Waals surface area (Å²) in [5.41, 5.74) is 6.77. The Morgan fingerprint density at radius 1 is 0.902 bits per heavy atom. The van der Waals surface area contributed by atoms with Crippen LogP contribution in [-0.2, 0) is 17.6 Å². The van der Waals surface area contributed by atoms with Gasteiger partial charge in [0.15, 0.2) is 11.5 Å². The van der Waals surface area contributed by atoms with E-state index < -0.39 is 0 Å². The Morgan fingerprint density at radius 2 is 1.63 bits per heavy atom. The lowest BCUT2D eigenvalue weighted by Gasteiger charge is -2.22. The number of benzene rings is 3. The van der Waals surface area contributed by atoms with Crippen molar-refractivity contribution in [2.75, 3.05) is 24.9 Å². The van der Waals surface area contributed by atoms with E-state index in [1.54, 1.807) is 20.3 Å². The summed E-state index contributed by atoms with van der Waals surface area (Å²) < 4.78 is 16.6. The molecule has 4 aromatic rings. The predicted molar refractivity (Wildman–Crippen MR) is 168 cm³/mol. The molecule has 1 heterocycles. The molecule has 7 nitrogen and oxygen atoms in total. The van der Waals surface area contributed by atoms with Crippen molar-refractivity contribution < 1.29 is 19.0 Å². The van der Waals surface area contributed by atoms with Crippen molar-refractivity contribution in [2.24, 2.45) is 0 Å². The molecule has 0 unspecified atom stereocenters. The molecule has 3 aromatic carbocycles. The quantitative estimate of drug-likeness (QED) is 0.199. The molecule has 0 spiro atoms. The van der Waals surface area contributed by atoms with Crippen LogP contribution < -0.4 is 24.8 Å². The molecule has 0 bridgehead atoms. The third-order valence-corrected chi connectivity index (χ3v) is 6.86. The minimum absolute atomic E-state index is 0. The van der Waals surface area contributed by atoms with Gasteiger partial charge in [0.25, 0.3) is 0 Å². The van der Waals surface area contributed by atoms with Gasteiger partial charge in [-0.05, 0) is 99.2 Å². The lowest BCUT2D eigenvalue weighted by Crippen LogP contribution is -2.11. The largest absolute Gasteiger partial charge is 0.493 e. The minimum atomic E-state index is -0.206. The van der Waals surface area contributed by atoms with Crippen LogP contribution in [-0.4, -0.2) is 31.2 Å². The van der Waals surface area contributed by atoms with Crippen molar-refractivity contribution in [3.8, 4) is 17.2 Å². The first-order valence-corrected chi connectivity index (χ1v) is 13.6. The van der Waals surface area contributed by atoms with Crippen LogP contribution in [0.4, 0.5) is 17.1 Å². The van der Waals surface area contributed by atoms with E-state index in [-0.39, 0.29) is 24.4 Å². The third-order valence-electron chi connectivity index (χ3n) is 6.86. The summed E-state index contributed by atoms with van der Waals surface area (Å²) in [6.07, 6.45) is 7.61. The first kappa shape index (κ1) is 29.7. The number of amides is 1. The predicted octanol–water partition coefficient (Wildman–Crippen LogP) is 7.74. The molecule has 0 atom stereocenters. The highest BCUT2D eigenvalue weighted by molar-refractivity contribution is 6.04. The second-order valence-electron chi connectivity index (χ2n) is 10.1. The van der Waals surface area contributed by atoms with Crippen LogP contribution in [0.1, 0.15) is 43.5 Å². The first-order valence-electron chi connectivity index (χ1n) is 13.6. The Hall–Kier alpha value is -4.23. The maximum Gasteiger partial charge on any atom is 0.248 e. The minimum Gasteiger partial charge on any atom is -0.493 e. The number of anilines is 3. The van der Waals surface area contributed by atoms with Crippen LogP contribution in [0.3, 0.4) is 0 Å². The Morgan fingerprint density at radius 3 is 2.37 bits per heavy atom. The number of methoxy groups -OCH3 is 2. The van der Waals surface area contributed by atoms with Gasteiger partial charge >= 0.3 is 0 Å². The zero-order valence-corrected chi connectivity index (χ0v) is 24.6. The maximum absolute atomic E-state index is 12.8. The van der Waals surface area contributed by atoms with Crippen LogP contribution in [0.2, 0.25) is 0 Å². The summed E-state index contributed by atoms with van der Waals surface area (Å²) in [5, 5.41) is 7.59. The second-order valence-corrected chi connectivity index (χ2v) is 10.1. The zero-order chi connectivity index (χ0) is 28.1. The van der Waals surface area contributed by atoms with Gasteiger partial charge in [0.1, 0.15) is 5.75 Å².